The molecular formula is C20H18N2O3S. The maximum atomic E-state index is 12.8. The molecule has 1 aromatic heterocycles. The van der Waals surface area contributed by atoms with Gasteiger partial charge in [0.1, 0.15) is 13.2 Å². The molecule has 0 aliphatic carbocycles. The van der Waals surface area contributed by atoms with Crippen molar-refractivity contribution in [1.82, 2.24) is 9.55 Å². The van der Waals surface area contributed by atoms with Gasteiger partial charge in [-0.05, 0) is 24.6 Å². The Bertz CT molecular complexity index is 1000. The molecule has 1 aliphatic heterocycles. The van der Waals surface area contributed by atoms with Gasteiger partial charge in [0.15, 0.2) is 16.5 Å². The van der Waals surface area contributed by atoms with Crippen molar-refractivity contribution < 1.29 is 9.47 Å². The van der Waals surface area contributed by atoms with Gasteiger partial charge in [0, 0.05) is 24.2 Å². The lowest BCUT2D eigenvalue weighted by Crippen LogP contribution is -2.21. The molecule has 2 heterocycles. The average Bonchev–Trinajstić information content (AvgIpc) is 2.67. The third-order valence-corrected chi connectivity index (χ3v) is 5.10. The minimum Gasteiger partial charge on any atom is -0.486 e. The van der Waals surface area contributed by atoms with Gasteiger partial charge in [-0.15, -0.1) is 0 Å². The second kappa shape index (κ2) is 7.25. The van der Waals surface area contributed by atoms with Crippen LogP contribution in [0.2, 0.25) is 0 Å². The molecular weight excluding hydrogens is 348 g/mol. The largest absolute Gasteiger partial charge is 0.486 e. The van der Waals surface area contributed by atoms with Crippen molar-refractivity contribution in [3.63, 3.8) is 0 Å². The number of hydrogen-bond acceptors (Lipinski definition) is 5. The number of aromatic nitrogens is 2. The first-order valence-electron chi connectivity index (χ1n) is 8.37. The molecule has 0 amide bonds. The van der Waals surface area contributed by atoms with E-state index in [2.05, 4.69) is 30.1 Å². The number of ether oxygens (including phenoxy) is 2. The number of aryl methyl sites for hydroxylation is 1. The number of hydrogen-bond donors (Lipinski definition) is 0. The molecule has 2 aromatic carbocycles. The molecule has 0 unspecified atom stereocenters. The molecule has 4 rings (SSSR count). The summed E-state index contributed by atoms with van der Waals surface area (Å²) in [6.07, 6.45) is 3.32. The molecule has 0 N–H and O–H groups in total. The van der Waals surface area contributed by atoms with Crippen LogP contribution in [0.5, 0.6) is 11.5 Å². The summed E-state index contributed by atoms with van der Waals surface area (Å²) in [5, 5.41) is 0.476. The van der Waals surface area contributed by atoms with E-state index in [9.17, 15) is 4.79 Å². The molecule has 0 atom stereocenters. The van der Waals surface area contributed by atoms with E-state index < -0.39 is 0 Å². The Morgan fingerprint density at radius 1 is 1.12 bits per heavy atom. The van der Waals surface area contributed by atoms with E-state index in [0.717, 1.165) is 5.69 Å². The van der Waals surface area contributed by atoms with Crippen LogP contribution in [0.4, 0.5) is 0 Å². The van der Waals surface area contributed by atoms with Crippen LogP contribution in [0, 0.1) is 6.92 Å². The first-order valence-corrected chi connectivity index (χ1v) is 9.35. The summed E-state index contributed by atoms with van der Waals surface area (Å²) < 4.78 is 12.7. The summed E-state index contributed by atoms with van der Waals surface area (Å²) in [5.74, 6) is 2.07. The van der Waals surface area contributed by atoms with Crippen LogP contribution in [0.25, 0.3) is 5.69 Å². The topological polar surface area (TPSA) is 53.4 Å². The molecule has 132 valence electrons. The highest BCUT2D eigenvalue weighted by atomic mass is 32.2. The van der Waals surface area contributed by atoms with Crippen molar-refractivity contribution >= 4 is 11.8 Å². The van der Waals surface area contributed by atoms with Crippen LogP contribution >= 0.6 is 11.8 Å². The van der Waals surface area contributed by atoms with Crippen LogP contribution in [0.1, 0.15) is 11.1 Å². The molecule has 0 fully saturated rings. The van der Waals surface area contributed by atoms with Crippen LogP contribution in [-0.4, -0.2) is 22.8 Å². The summed E-state index contributed by atoms with van der Waals surface area (Å²) in [6, 6.07) is 13.8. The molecule has 0 saturated carbocycles. The maximum Gasteiger partial charge on any atom is 0.287 e. The normalized spacial score (nSPS) is 12.8. The fourth-order valence-corrected chi connectivity index (χ4v) is 3.67. The summed E-state index contributed by atoms with van der Waals surface area (Å²) in [7, 11) is 0. The second-order valence-corrected chi connectivity index (χ2v) is 6.98. The van der Waals surface area contributed by atoms with Crippen molar-refractivity contribution in [3.05, 3.63) is 76.3 Å². The third-order valence-electron chi connectivity index (χ3n) is 4.07. The van der Waals surface area contributed by atoms with Gasteiger partial charge in [-0.25, -0.2) is 4.98 Å². The highest BCUT2D eigenvalue weighted by Gasteiger charge is 2.14. The van der Waals surface area contributed by atoms with Crippen molar-refractivity contribution in [2.45, 2.75) is 17.7 Å². The first kappa shape index (κ1) is 16.7. The average molecular weight is 366 g/mol. The van der Waals surface area contributed by atoms with Gasteiger partial charge in [-0.2, -0.15) is 0 Å². The lowest BCUT2D eigenvalue weighted by atomic mass is 10.2. The van der Waals surface area contributed by atoms with E-state index in [-0.39, 0.29) is 5.56 Å². The van der Waals surface area contributed by atoms with E-state index >= 15 is 0 Å². The van der Waals surface area contributed by atoms with Gasteiger partial charge < -0.3 is 9.47 Å². The summed E-state index contributed by atoms with van der Waals surface area (Å²) >= 11 is 1.45. The highest BCUT2D eigenvalue weighted by molar-refractivity contribution is 7.98. The predicted octanol–water partition coefficient (Wildman–Crippen LogP) is 3.60. The smallest absolute Gasteiger partial charge is 0.287 e. The number of benzene rings is 2. The van der Waals surface area contributed by atoms with E-state index in [4.69, 9.17) is 9.47 Å². The summed E-state index contributed by atoms with van der Waals surface area (Å²) in [4.78, 5) is 17.1. The zero-order chi connectivity index (χ0) is 17.9. The Kier molecular flexibility index (Phi) is 4.67. The Morgan fingerprint density at radius 2 is 1.96 bits per heavy atom. The minimum absolute atomic E-state index is 0.137. The van der Waals surface area contributed by atoms with Crippen LogP contribution in [0.3, 0.4) is 0 Å². The van der Waals surface area contributed by atoms with E-state index in [1.165, 1.54) is 22.9 Å². The van der Waals surface area contributed by atoms with Crippen LogP contribution < -0.4 is 15.0 Å². The molecule has 3 aromatic rings. The van der Waals surface area contributed by atoms with Gasteiger partial charge in [-0.1, -0.05) is 41.6 Å². The van der Waals surface area contributed by atoms with Crippen LogP contribution in [0.15, 0.2) is 64.7 Å². The molecule has 0 spiro atoms. The van der Waals surface area contributed by atoms with Gasteiger partial charge >= 0.3 is 0 Å². The van der Waals surface area contributed by atoms with Crippen molar-refractivity contribution in [2.75, 3.05) is 13.2 Å². The van der Waals surface area contributed by atoms with E-state index in [1.54, 1.807) is 17.0 Å². The van der Waals surface area contributed by atoms with Crippen molar-refractivity contribution in [3.8, 4) is 17.2 Å². The summed E-state index contributed by atoms with van der Waals surface area (Å²) in [6.45, 7) is 3.12. The SMILES string of the molecule is Cc1cccc(CSc2nccn(-c3ccc4c(c3)OCCO4)c2=O)c1. The van der Waals surface area contributed by atoms with Gasteiger partial charge in [-0.3, -0.25) is 9.36 Å². The highest BCUT2D eigenvalue weighted by Crippen LogP contribution is 2.31. The zero-order valence-electron chi connectivity index (χ0n) is 14.3. The predicted molar refractivity (Wildman–Crippen MR) is 102 cm³/mol. The first-order chi connectivity index (χ1) is 12.7. The molecule has 26 heavy (non-hydrogen) atoms. The fraction of sp³-hybridized carbons (Fsp3) is 0.200. The Hall–Kier alpha value is -2.73. The van der Waals surface area contributed by atoms with Gasteiger partial charge in [0.05, 0.1) is 5.69 Å². The molecule has 1 aliphatic rings. The zero-order valence-corrected chi connectivity index (χ0v) is 15.2. The van der Waals surface area contributed by atoms with E-state index in [1.807, 2.05) is 24.3 Å². The van der Waals surface area contributed by atoms with Crippen LogP contribution in [-0.2, 0) is 5.75 Å². The Balaban J connectivity index is 1.60. The summed E-state index contributed by atoms with van der Waals surface area (Å²) in [5.41, 5.74) is 2.98. The molecule has 5 nitrogen and oxygen atoms in total. The van der Waals surface area contributed by atoms with E-state index in [0.29, 0.717) is 35.5 Å². The number of nitrogens with zero attached hydrogens (tertiary/aromatic N) is 2. The molecule has 6 heteroatoms. The second-order valence-electron chi connectivity index (χ2n) is 6.01. The third kappa shape index (κ3) is 3.46. The number of thioether (sulfide) groups is 1. The van der Waals surface area contributed by atoms with Crippen molar-refractivity contribution in [2.24, 2.45) is 0 Å². The quantitative estimate of drug-likeness (QED) is 0.661. The standard InChI is InChI=1S/C20H18N2O3S/c1-14-3-2-4-15(11-14)13-26-19-20(23)22(8-7-21-19)16-5-6-17-18(12-16)25-10-9-24-17/h2-8,11-12H,9-10,13H2,1H3. The maximum absolute atomic E-state index is 12.8. The molecule has 0 saturated heterocycles. The fourth-order valence-electron chi connectivity index (χ4n) is 2.83. The van der Waals surface area contributed by atoms with Gasteiger partial charge in [0.2, 0.25) is 0 Å². The van der Waals surface area contributed by atoms with Crippen molar-refractivity contribution in [1.29, 1.82) is 0 Å². The monoisotopic (exact) mass is 366 g/mol. The lowest BCUT2D eigenvalue weighted by molar-refractivity contribution is 0.171. The molecule has 0 bridgehead atoms. The Morgan fingerprint density at radius 3 is 2.81 bits per heavy atom. The van der Waals surface area contributed by atoms with Gasteiger partial charge in [0.25, 0.3) is 5.56 Å². The number of rotatable bonds is 4. The lowest BCUT2D eigenvalue weighted by Gasteiger charge is -2.19. The number of fused-ring (bicyclic) bond motifs is 1. The minimum atomic E-state index is -0.137. The molecule has 0 radical (unpaired) electrons. The Labute approximate surface area is 155 Å².